The number of nitrogens with zero attached hydrogens (tertiary/aromatic N) is 7. The van der Waals surface area contributed by atoms with Crippen LogP contribution in [0.4, 0.5) is 5.82 Å². The molecule has 3 aromatic rings. The summed E-state index contributed by atoms with van der Waals surface area (Å²) in [6, 6.07) is 5.64. The number of anilines is 1. The highest BCUT2D eigenvalue weighted by Crippen LogP contribution is 2.23. The fraction of sp³-hybridized carbons (Fsp3) is 0.412. The molecule has 0 bridgehead atoms. The Morgan fingerprint density at radius 1 is 0.964 bits per heavy atom. The van der Waals surface area contributed by atoms with Gasteiger partial charge in [-0.25, -0.2) is 13.1 Å². The van der Waals surface area contributed by atoms with Crippen LogP contribution in [0.25, 0.3) is 5.82 Å². The normalized spacial score (nSPS) is 15.9. The molecule has 0 atom stereocenters. The standard InChI is InChI=1S/C17H22N8O2S/c1-12-6-7-25(22-12)16-5-4-15(20-21-16)23-8-10-24(11-9-23)28(26,27)17-13(2)18-19-14(17)3/h4-7H,8-11H2,1-3H3,(H,18,19). The van der Waals surface area contributed by atoms with E-state index in [0.29, 0.717) is 43.4 Å². The van der Waals surface area contributed by atoms with Crippen LogP contribution in [-0.2, 0) is 10.0 Å². The fourth-order valence-electron chi connectivity index (χ4n) is 3.36. The number of aromatic amines is 1. The molecule has 1 saturated heterocycles. The summed E-state index contributed by atoms with van der Waals surface area (Å²) in [7, 11) is -3.56. The summed E-state index contributed by atoms with van der Waals surface area (Å²) in [6.45, 7) is 7.20. The molecule has 148 valence electrons. The number of hydrogen-bond donors (Lipinski definition) is 1. The number of rotatable bonds is 4. The van der Waals surface area contributed by atoms with Crippen molar-refractivity contribution in [1.82, 2.24) is 34.5 Å². The molecule has 4 heterocycles. The van der Waals surface area contributed by atoms with Crippen molar-refractivity contribution < 1.29 is 8.42 Å². The lowest BCUT2D eigenvalue weighted by atomic mass is 10.3. The maximum Gasteiger partial charge on any atom is 0.246 e. The maximum atomic E-state index is 12.9. The fourth-order valence-corrected chi connectivity index (χ4v) is 5.11. The molecule has 0 aliphatic carbocycles. The van der Waals surface area contributed by atoms with Crippen LogP contribution in [0.5, 0.6) is 0 Å². The van der Waals surface area contributed by atoms with Gasteiger partial charge in [0.15, 0.2) is 11.6 Å². The average Bonchev–Trinajstić information content (AvgIpc) is 3.27. The number of H-pyrrole nitrogens is 1. The number of sulfonamides is 1. The third kappa shape index (κ3) is 3.27. The van der Waals surface area contributed by atoms with Gasteiger partial charge in [0.1, 0.15) is 4.90 Å². The second-order valence-electron chi connectivity index (χ2n) is 6.81. The molecule has 0 saturated carbocycles. The van der Waals surface area contributed by atoms with Crippen LogP contribution in [0.2, 0.25) is 0 Å². The Hall–Kier alpha value is -2.79. The first-order chi connectivity index (χ1) is 13.4. The predicted octanol–water partition coefficient (Wildman–Crippen LogP) is 0.822. The minimum Gasteiger partial charge on any atom is -0.352 e. The molecule has 0 radical (unpaired) electrons. The molecular weight excluding hydrogens is 380 g/mol. The minimum absolute atomic E-state index is 0.277. The third-order valence-corrected chi connectivity index (χ3v) is 6.98. The van der Waals surface area contributed by atoms with Crippen molar-refractivity contribution in [3.63, 3.8) is 0 Å². The smallest absolute Gasteiger partial charge is 0.246 e. The van der Waals surface area contributed by atoms with Gasteiger partial charge in [-0.2, -0.15) is 14.5 Å². The topological polar surface area (TPSA) is 113 Å². The van der Waals surface area contributed by atoms with Crippen molar-refractivity contribution in [2.45, 2.75) is 25.7 Å². The van der Waals surface area contributed by atoms with Gasteiger partial charge in [-0.1, -0.05) is 0 Å². The van der Waals surface area contributed by atoms with E-state index in [1.54, 1.807) is 18.5 Å². The van der Waals surface area contributed by atoms with Crippen LogP contribution < -0.4 is 4.90 Å². The molecule has 10 nitrogen and oxygen atoms in total. The van der Waals surface area contributed by atoms with Crippen LogP contribution in [0, 0.1) is 20.8 Å². The van der Waals surface area contributed by atoms with Crippen LogP contribution >= 0.6 is 0 Å². The van der Waals surface area contributed by atoms with E-state index < -0.39 is 10.0 Å². The Morgan fingerprint density at radius 2 is 1.64 bits per heavy atom. The van der Waals surface area contributed by atoms with Gasteiger partial charge < -0.3 is 4.90 Å². The maximum absolute atomic E-state index is 12.9. The van der Waals surface area contributed by atoms with Gasteiger partial charge >= 0.3 is 0 Å². The Morgan fingerprint density at radius 3 is 2.18 bits per heavy atom. The Bertz CT molecular complexity index is 1060. The van der Waals surface area contributed by atoms with E-state index in [-0.39, 0.29) is 4.90 Å². The molecule has 4 rings (SSSR count). The van der Waals surface area contributed by atoms with E-state index in [0.717, 1.165) is 11.5 Å². The largest absolute Gasteiger partial charge is 0.352 e. The summed E-state index contributed by atoms with van der Waals surface area (Å²) >= 11 is 0. The van der Waals surface area contributed by atoms with Gasteiger partial charge in [-0.05, 0) is 39.0 Å². The summed E-state index contributed by atoms with van der Waals surface area (Å²) in [5, 5.41) is 19.6. The Labute approximate surface area is 163 Å². The summed E-state index contributed by atoms with van der Waals surface area (Å²) in [4.78, 5) is 2.31. The molecule has 1 aliphatic heterocycles. The molecular formula is C17H22N8O2S. The summed E-state index contributed by atoms with van der Waals surface area (Å²) in [6.07, 6.45) is 1.84. The average molecular weight is 402 g/mol. The molecule has 0 spiro atoms. The van der Waals surface area contributed by atoms with Crippen molar-refractivity contribution in [2.75, 3.05) is 31.1 Å². The van der Waals surface area contributed by atoms with Gasteiger partial charge in [-0.15, -0.1) is 10.2 Å². The summed E-state index contributed by atoms with van der Waals surface area (Å²) in [5.74, 6) is 1.37. The third-order valence-electron chi connectivity index (χ3n) is 4.81. The lowest BCUT2D eigenvalue weighted by Gasteiger charge is -2.34. The molecule has 1 fully saturated rings. The first-order valence-electron chi connectivity index (χ1n) is 8.99. The first-order valence-corrected chi connectivity index (χ1v) is 10.4. The Balaban J connectivity index is 1.45. The molecule has 0 aromatic carbocycles. The molecule has 11 heteroatoms. The number of nitrogens with one attached hydrogen (secondary N) is 1. The van der Waals surface area contributed by atoms with E-state index in [1.807, 2.05) is 36.2 Å². The van der Waals surface area contributed by atoms with Crippen molar-refractivity contribution in [1.29, 1.82) is 0 Å². The second kappa shape index (κ2) is 6.99. The number of aryl methyl sites for hydroxylation is 3. The zero-order valence-corrected chi connectivity index (χ0v) is 16.8. The van der Waals surface area contributed by atoms with Crippen LogP contribution in [-0.4, -0.2) is 69.1 Å². The lowest BCUT2D eigenvalue weighted by molar-refractivity contribution is 0.383. The number of piperazine rings is 1. The van der Waals surface area contributed by atoms with Crippen molar-refractivity contribution in [2.24, 2.45) is 0 Å². The second-order valence-corrected chi connectivity index (χ2v) is 8.68. The Kier molecular flexibility index (Phi) is 4.63. The van der Waals surface area contributed by atoms with E-state index >= 15 is 0 Å². The predicted molar refractivity (Wildman–Crippen MR) is 103 cm³/mol. The first kappa shape index (κ1) is 18.6. The van der Waals surface area contributed by atoms with Crippen LogP contribution in [0.1, 0.15) is 17.1 Å². The van der Waals surface area contributed by atoms with Crippen molar-refractivity contribution in [3.8, 4) is 5.82 Å². The van der Waals surface area contributed by atoms with Gasteiger partial charge in [0, 0.05) is 32.4 Å². The van der Waals surface area contributed by atoms with Crippen LogP contribution in [0.15, 0.2) is 29.3 Å². The van der Waals surface area contributed by atoms with E-state index in [4.69, 9.17) is 0 Å². The lowest BCUT2D eigenvalue weighted by Crippen LogP contribution is -2.49. The quantitative estimate of drug-likeness (QED) is 0.687. The zero-order valence-electron chi connectivity index (χ0n) is 16.0. The highest BCUT2D eigenvalue weighted by Gasteiger charge is 2.32. The van der Waals surface area contributed by atoms with Gasteiger partial charge in [0.25, 0.3) is 0 Å². The monoisotopic (exact) mass is 402 g/mol. The molecule has 0 amide bonds. The van der Waals surface area contributed by atoms with E-state index in [2.05, 4.69) is 25.5 Å². The molecule has 28 heavy (non-hydrogen) atoms. The highest BCUT2D eigenvalue weighted by atomic mass is 32.2. The minimum atomic E-state index is -3.56. The van der Waals surface area contributed by atoms with E-state index in [1.165, 1.54) is 4.31 Å². The van der Waals surface area contributed by atoms with Crippen LogP contribution in [0.3, 0.4) is 0 Å². The van der Waals surface area contributed by atoms with E-state index in [9.17, 15) is 8.42 Å². The van der Waals surface area contributed by atoms with Crippen molar-refractivity contribution in [3.05, 3.63) is 41.5 Å². The SMILES string of the molecule is Cc1ccn(-c2ccc(N3CCN(S(=O)(=O)c4c(C)n[nH]c4C)CC3)nn2)n1. The molecule has 1 aliphatic rings. The van der Waals surface area contributed by atoms with Gasteiger partial charge in [-0.3, -0.25) is 5.10 Å². The van der Waals surface area contributed by atoms with Gasteiger partial charge in [0.05, 0.1) is 17.1 Å². The number of aromatic nitrogens is 6. The molecule has 3 aromatic heterocycles. The van der Waals surface area contributed by atoms with Crippen molar-refractivity contribution >= 4 is 15.8 Å². The summed E-state index contributed by atoms with van der Waals surface area (Å²) in [5.41, 5.74) is 1.97. The highest BCUT2D eigenvalue weighted by molar-refractivity contribution is 7.89. The summed E-state index contributed by atoms with van der Waals surface area (Å²) < 4.78 is 29.1. The molecule has 1 N–H and O–H groups in total. The van der Waals surface area contributed by atoms with Gasteiger partial charge in [0.2, 0.25) is 10.0 Å². The number of hydrogen-bond acceptors (Lipinski definition) is 7. The zero-order chi connectivity index (χ0) is 19.9. The molecule has 0 unspecified atom stereocenters.